The van der Waals surface area contributed by atoms with E-state index in [0.29, 0.717) is 0 Å². The van der Waals surface area contributed by atoms with Crippen molar-refractivity contribution in [2.75, 3.05) is 0 Å². The number of hydrogen-bond donors (Lipinski definition) is 0. The Morgan fingerprint density at radius 3 is 2.21 bits per heavy atom. The van der Waals surface area contributed by atoms with E-state index in [1.54, 1.807) is 6.20 Å². The number of benzene rings is 2. The molecule has 0 spiro atoms. The number of halogens is 1. The monoisotopic (exact) mass is 268 g/mol. The van der Waals surface area contributed by atoms with Gasteiger partial charge in [0.1, 0.15) is 0 Å². The second-order valence-corrected chi connectivity index (χ2v) is 4.81. The molecule has 3 rings (SSSR count). The maximum Gasteiger partial charge on any atom is 0.0954 e. The van der Waals surface area contributed by atoms with Crippen LogP contribution in [0, 0.1) is 0 Å². The van der Waals surface area contributed by atoms with Crippen LogP contribution in [0.5, 0.6) is 0 Å². The van der Waals surface area contributed by atoms with Gasteiger partial charge in [0.25, 0.3) is 0 Å². The van der Waals surface area contributed by atoms with E-state index in [1.807, 2.05) is 30.7 Å². The van der Waals surface area contributed by atoms with Crippen molar-refractivity contribution in [3.05, 3.63) is 89.5 Å². The summed E-state index contributed by atoms with van der Waals surface area (Å²) in [7, 11) is 0. The SMILES string of the molecule is Clc1ccc([C@H](c2ccccc2)n2ccnc2)cc1. The summed E-state index contributed by atoms with van der Waals surface area (Å²) in [5.74, 6) is 0. The van der Waals surface area contributed by atoms with Crippen LogP contribution in [0.15, 0.2) is 73.3 Å². The smallest absolute Gasteiger partial charge is 0.0954 e. The van der Waals surface area contributed by atoms with Crippen molar-refractivity contribution in [2.45, 2.75) is 6.04 Å². The molecular weight excluding hydrogens is 256 g/mol. The summed E-state index contributed by atoms with van der Waals surface area (Å²) < 4.78 is 2.10. The molecule has 0 saturated carbocycles. The molecule has 0 bridgehead atoms. The lowest BCUT2D eigenvalue weighted by Crippen LogP contribution is -2.10. The van der Waals surface area contributed by atoms with Gasteiger partial charge in [-0.15, -0.1) is 0 Å². The summed E-state index contributed by atoms with van der Waals surface area (Å²) in [6.45, 7) is 0. The number of hydrogen-bond acceptors (Lipinski definition) is 1. The van der Waals surface area contributed by atoms with Crippen molar-refractivity contribution in [3.8, 4) is 0 Å². The van der Waals surface area contributed by atoms with E-state index < -0.39 is 0 Å². The van der Waals surface area contributed by atoms with Gasteiger partial charge in [0.15, 0.2) is 0 Å². The quantitative estimate of drug-likeness (QED) is 0.697. The summed E-state index contributed by atoms with van der Waals surface area (Å²) in [6.07, 6.45) is 5.62. The third-order valence-electron chi connectivity index (χ3n) is 3.12. The number of rotatable bonds is 3. The zero-order valence-electron chi connectivity index (χ0n) is 10.3. The fourth-order valence-corrected chi connectivity index (χ4v) is 2.37. The van der Waals surface area contributed by atoms with Crippen LogP contribution in [0.25, 0.3) is 0 Å². The molecule has 0 saturated heterocycles. The molecule has 94 valence electrons. The largest absolute Gasteiger partial charge is 0.326 e. The van der Waals surface area contributed by atoms with Crippen LogP contribution in [0.2, 0.25) is 5.02 Å². The van der Waals surface area contributed by atoms with Gasteiger partial charge < -0.3 is 4.57 Å². The summed E-state index contributed by atoms with van der Waals surface area (Å²) in [6, 6.07) is 18.5. The van der Waals surface area contributed by atoms with E-state index >= 15 is 0 Å². The fourth-order valence-electron chi connectivity index (χ4n) is 2.24. The van der Waals surface area contributed by atoms with E-state index in [1.165, 1.54) is 11.1 Å². The lowest BCUT2D eigenvalue weighted by molar-refractivity contribution is 0.677. The van der Waals surface area contributed by atoms with Crippen LogP contribution in [0.3, 0.4) is 0 Å². The molecule has 0 unspecified atom stereocenters. The molecule has 0 amide bonds. The van der Waals surface area contributed by atoms with Gasteiger partial charge in [-0.25, -0.2) is 4.98 Å². The Morgan fingerprint density at radius 1 is 0.895 bits per heavy atom. The average Bonchev–Trinajstić information content (AvgIpc) is 2.96. The van der Waals surface area contributed by atoms with E-state index in [4.69, 9.17) is 11.6 Å². The first-order valence-electron chi connectivity index (χ1n) is 6.12. The molecule has 0 aliphatic rings. The molecule has 19 heavy (non-hydrogen) atoms. The standard InChI is InChI=1S/C16H13ClN2/c17-15-8-6-14(7-9-15)16(19-11-10-18-12-19)13-4-2-1-3-5-13/h1-12,16H/t16-/m0/s1. The van der Waals surface area contributed by atoms with Crippen molar-refractivity contribution in [3.63, 3.8) is 0 Å². The van der Waals surface area contributed by atoms with Gasteiger partial charge in [0, 0.05) is 17.4 Å². The second kappa shape index (κ2) is 5.29. The lowest BCUT2D eigenvalue weighted by atomic mass is 9.99. The highest BCUT2D eigenvalue weighted by Gasteiger charge is 2.15. The minimum Gasteiger partial charge on any atom is -0.326 e. The normalized spacial score (nSPS) is 12.3. The first-order chi connectivity index (χ1) is 9.34. The summed E-state index contributed by atoms with van der Waals surface area (Å²) in [5, 5.41) is 0.751. The first-order valence-corrected chi connectivity index (χ1v) is 6.50. The Balaban J connectivity index is 2.10. The Hall–Kier alpha value is -2.06. The van der Waals surface area contributed by atoms with Crippen molar-refractivity contribution in [2.24, 2.45) is 0 Å². The molecule has 1 heterocycles. The highest BCUT2D eigenvalue weighted by atomic mass is 35.5. The molecule has 1 atom stereocenters. The van der Waals surface area contributed by atoms with E-state index in [9.17, 15) is 0 Å². The second-order valence-electron chi connectivity index (χ2n) is 4.37. The minimum atomic E-state index is 0.126. The molecule has 0 aliphatic carbocycles. The Labute approximate surface area is 117 Å². The third-order valence-corrected chi connectivity index (χ3v) is 3.38. The first kappa shape index (κ1) is 12.0. The topological polar surface area (TPSA) is 17.8 Å². The molecule has 2 nitrogen and oxygen atoms in total. The lowest BCUT2D eigenvalue weighted by Gasteiger charge is -2.19. The predicted octanol–water partition coefficient (Wildman–Crippen LogP) is 4.17. The zero-order chi connectivity index (χ0) is 13.1. The average molecular weight is 269 g/mol. The Kier molecular flexibility index (Phi) is 3.34. The Morgan fingerprint density at radius 2 is 1.58 bits per heavy atom. The van der Waals surface area contributed by atoms with Gasteiger partial charge in [0.2, 0.25) is 0 Å². The molecule has 3 heteroatoms. The van der Waals surface area contributed by atoms with Gasteiger partial charge in [0.05, 0.1) is 12.4 Å². The minimum absolute atomic E-state index is 0.126. The van der Waals surface area contributed by atoms with Crippen LogP contribution in [-0.4, -0.2) is 9.55 Å². The Bertz CT molecular complexity index is 630. The fraction of sp³-hybridized carbons (Fsp3) is 0.0625. The van der Waals surface area contributed by atoms with Gasteiger partial charge in [-0.2, -0.15) is 0 Å². The molecular formula is C16H13ClN2. The van der Waals surface area contributed by atoms with Gasteiger partial charge in [-0.1, -0.05) is 54.1 Å². The van der Waals surface area contributed by atoms with E-state index in [2.05, 4.69) is 45.9 Å². The number of aromatic nitrogens is 2. The van der Waals surface area contributed by atoms with Crippen LogP contribution in [0.4, 0.5) is 0 Å². The highest BCUT2D eigenvalue weighted by molar-refractivity contribution is 6.30. The molecule has 0 radical (unpaired) electrons. The van der Waals surface area contributed by atoms with Gasteiger partial charge in [-0.05, 0) is 23.3 Å². The van der Waals surface area contributed by atoms with Crippen molar-refractivity contribution >= 4 is 11.6 Å². The van der Waals surface area contributed by atoms with E-state index in [0.717, 1.165) is 5.02 Å². The highest BCUT2D eigenvalue weighted by Crippen LogP contribution is 2.27. The molecule has 0 fully saturated rings. The maximum absolute atomic E-state index is 5.97. The van der Waals surface area contributed by atoms with Crippen molar-refractivity contribution in [1.82, 2.24) is 9.55 Å². The van der Waals surface area contributed by atoms with Gasteiger partial charge in [-0.3, -0.25) is 0 Å². The number of nitrogens with zero attached hydrogens (tertiary/aromatic N) is 2. The molecule has 0 aliphatic heterocycles. The molecule has 1 aromatic heterocycles. The summed E-state index contributed by atoms with van der Waals surface area (Å²) >= 11 is 5.97. The number of imidazole rings is 1. The van der Waals surface area contributed by atoms with Crippen molar-refractivity contribution < 1.29 is 0 Å². The zero-order valence-corrected chi connectivity index (χ0v) is 11.0. The molecule has 2 aromatic carbocycles. The van der Waals surface area contributed by atoms with Crippen LogP contribution < -0.4 is 0 Å². The summed E-state index contributed by atoms with van der Waals surface area (Å²) in [5.41, 5.74) is 2.41. The molecule has 0 N–H and O–H groups in total. The van der Waals surface area contributed by atoms with Crippen LogP contribution in [-0.2, 0) is 0 Å². The van der Waals surface area contributed by atoms with Gasteiger partial charge >= 0.3 is 0 Å². The predicted molar refractivity (Wildman–Crippen MR) is 77.4 cm³/mol. The van der Waals surface area contributed by atoms with Crippen LogP contribution in [0.1, 0.15) is 17.2 Å². The van der Waals surface area contributed by atoms with Crippen molar-refractivity contribution in [1.29, 1.82) is 0 Å². The maximum atomic E-state index is 5.97. The third kappa shape index (κ3) is 2.54. The molecule has 3 aromatic rings. The van der Waals surface area contributed by atoms with Crippen LogP contribution >= 0.6 is 11.6 Å². The summed E-state index contributed by atoms with van der Waals surface area (Å²) in [4.78, 5) is 4.15. The van der Waals surface area contributed by atoms with E-state index in [-0.39, 0.29) is 6.04 Å².